The summed E-state index contributed by atoms with van der Waals surface area (Å²) in [5.74, 6) is 0.0574. The SMILES string of the molecule is COc1ncccc1C(=O)Nc1nc2c(s1)CNCC2. The maximum Gasteiger partial charge on any atom is 0.262 e. The van der Waals surface area contributed by atoms with Crippen LogP contribution in [-0.4, -0.2) is 29.5 Å². The van der Waals surface area contributed by atoms with Gasteiger partial charge in [0.15, 0.2) is 5.13 Å². The average Bonchev–Trinajstić information content (AvgIpc) is 2.89. The van der Waals surface area contributed by atoms with Gasteiger partial charge in [0.1, 0.15) is 5.56 Å². The summed E-state index contributed by atoms with van der Waals surface area (Å²) in [7, 11) is 1.49. The lowest BCUT2D eigenvalue weighted by Crippen LogP contribution is -2.22. The summed E-state index contributed by atoms with van der Waals surface area (Å²) in [6, 6.07) is 3.38. The fraction of sp³-hybridized carbons (Fsp3) is 0.308. The molecule has 0 aromatic carbocycles. The van der Waals surface area contributed by atoms with Crippen molar-refractivity contribution in [2.24, 2.45) is 0 Å². The van der Waals surface area contributed by atoms with Gasteiger partial charge in [-0.25, -0.2) is 9.97 Å². The zero-order chi connectivity index (χ0) is 13.9. The summed E-state index contributed by atoms with van der Waals surface area (Å²) in [6.45, 7) is 1.75. The summed E-state index contributed by atoms with van der Waals surface area (Å²) in [4.78, 5) is 21.9. The Morgan fingerprint density at radius 1 is 1.55 bits per heavy atom. The maximum atomic E-state index is 12.2. The molecule has 0 saturated carbocycles. The largest absolute Gasteiger partial charge is 0.480 e. The van der Waals surface area contributed by atoms with E-state index in [0.29, 0.717) is 16.6 Å². The van der Waals surface area contributed by atoms with E-state index in [-0.39, 0.29) is 5.91 Å². The number of methoxy groups -OCH3 is 1. The molecule has 6 nitrogen and oxygen atoms in total. The topological polar surface area (TPSA) is 76.1 Å². The van der Waals surface area contributed by atoms with Gasteiger partial charge in [0.25, 0.3) is 5.91 Å². The van der Waals surface area contributed by atoms with Crippen LogP contribution in [0.4, 0.5) is 5.13 Å². The molecule has 0 bridgehead atoms. The van der Waals surface area contributed by atoms with Crippen molar-refractivity contribution >= 4 is 22.4 Å². The third kappa shape index (κ3) is 2.50. The Labute approximate surface area is 120 Å². The summed E-state index contributed by atoms with van der Waals surface area (Å²) >= 11 is 1.51. The molecule has 0 radical (unpaired) electrons. The first-order valence-electron chi connectivity index (χ1n) is 6.27. The van der Waals surface area contributed by atoms with E-state index < -0.39 is 0 Å². The molecule has 1 aliphatic rings. The average molecular weight is 290 g/mol. The number of amides is 1. The number of hydrogen-bond acceptors (Lipinski definition) is 6. The second-order valence-electron chi connectivity index (χ2n) is 4.33. The Balaban J connectivity index is 1.80. The van der Waals surface area contributed by atoms with Crippen molar-refractivity contribution in [1.29, 1.82) is 0 Å². The Kier molecular flexibility index (Phi) is 3.62. The van der Waals surface area contributed by atoms with Crippen molar-refractivity contribution in [3.8, 4) is 5.88 Å². The minimum Gasteiger partial charge on any atom is -0.480 e. The molecule has 0 aliphatic carbocycles. The summed E-state index contributed by atoms with van der Waals surface area (Å²) < 4.78 is 5.09. The van der Waals surface area contributed by atoms with E-state index in [1.165, 1.54) is 23.3 Å². The van der Waals surface area contributed by atoms with Crippen LogP contribution in [0.15, 0.2) is 18.3 Å². The number of ether oxygens (including phenoxy) is 1. The first kappa shape index (κ1) is 13.0. The van der Waals surface area contributed by atoms with E-state index in [1.54, 1.807) is 18.3 Å². The van der Waals surface area contributed by atoms with E-state index in [0.717, 1.165) is 25.2 Å². The molecule has 0 unspecified atom stereocenters. The van der Waals surface area contributed by atoms with Gasteiger partial charge < -0.3 is 10.1 Å². The van der Waals surface area contributed by atoms with Crippen LogP contribution in [0.2, 0.25) is 0 Å². The van der Waals surface area contributed by atoms with E-state index in [1.807, 2.05) is 0 Å². The molecule has 3 heterocycles. The highest BCUT2D eigenvalue weighted by Crippen LogP contribution is 2.26. The molecule has 2 aromatic heterocycles. The highest BCUT2D eigenvalue weighted by atomic mass is 32.1. The quantitative estimate of drug-likeness (QED) is 0.894. The van der Waals surface area contributed by atoms with Gasteiger partial charge in [0.05, 0.1) is 12.8 Å². The number of carbonyl (C=O) groups excluding carboxylic acids is 1. The van der Waals surface area contributed by atoms with E-state index in [2.05, 4.69) is 20.6 Å². The standard InChI is InChI=1S/C13H14N4O2S/c1-19-12-8(3-2-5-15-12)11(18)17-13-16-9-4-6-14-7-10(9)20-13/h2-3,5,14H,4,6-7H2,1H3,(H,16,17,18). The van der Waals surface area contributed by atoms with Crippen LogP contribution in [0, 0.1) is 0 Å². The van der Waals surface area contributed by atoms with Crippen molar-refractivity contribution in [1.82, 2.24) is 15.3 Å². The van der Waals surface area contributed by atoms with Crippen LogP contribution in [0.5, 0.6) is 5.88 Å². The van der Waals surface area contributed by atoms with Gasteiger partial charge >= 0.3 is 0 Å². The molecule has 0 fully saturated rings. The first-order valence-corrected chi connectivity index (χ1v) is 7.09. The van der Waals surface area contributed by atoms with Gasteiger partial charge in [-0.1, -0.05) is 0 Å². The Bertz CT molecular complexity index is 618. The van der Waals surface area contributed by atoms with Crippen LogP contribution in [-0.2, 0) is 13.0 Å². The molecule has 2 aromatic rings. The Morgan fingerprint density at radius 2 is 2.45 bits per heavy atom. The van der Waals surface area contributed by atoms with Crippen LogP contribution >= 0.6 is 11.3 Å². The number of pyridine rings is 1. The summed E-state index contributed by atoms with van der Waals surface area (Å²) in [6.07, 6.45) is 2.49. The molecule has 7 heteroatoms. The van der Waals surface area contributed by atoms with Crippen molar-refractivity contribution in [3.63, 3.8) is 0 Å². The lowest BCUT2D eigenvalue weighted by atomic mass is 10.2. The lowest BCUT2D eigenvalue weighted by molar-refractivity contribution is 0.102. The fourth-order valence-corrected chi connectivity index (χ4v) is 3.04. The smallest absolute Gasteiger partial charge is 0.262 e. The number of aromatic nitrogens is 2. The van der Waals surface area contributed by atoms with Gasteiger partial charge in [-0.3, -0.25) is 10.1 Å². The minimum absolute atomic E-state index is 0.256. The number of thiazole rings is 1. The number of nitrogens with zero attached hydrogens (tertiary/aromatic N) is 2. The zero-order valence-corrected chi connectivity index (χ0v) is 11.8. The molecular formula is C13H14N4O2S. The molecule has 1 amide bonds. The monoisotopic (exact) mass is 290 g/mol. The van der Waals surface area contributed by atoms with Crippen LogP contribution < -0.4 is 15.4 Å². The van der Waals surface area contributed by atoms with Crippen molar-refractivity contribution < 1.29 is 9.53 Å². The highest BCUT2D eigenvalue weighted by molar-refractivity contribution is 7.15. The molecule has 0 atom stereocenters. The van der Waals surface area contributed by atoms with Gasteiger partial charge in [0.2, 0.25) is 5.88 Å². The maximum absolute atomic E-state index is 12.2. The predicted octanol–water partition coefficient (Wildman–Crippen LogP) is 1.44. The van der Waals surface area contributed by atoms with Crippen LogP contribution in [0.25, 0.3) is 0 Å². The van der Waals surface area contributed by atoms with Crippen LogP contribution in [0.3, 0.4) is 0 Å². The molecular weight excluding hydrogens is 276 g/mol. The second-order valence-corrected chi connectivity index (χ2v) is 5.41. The third-order valence-corrected chi connectivity index (χ3v) is 4.05. The number of anilines is 1. The Hall–Kier alpha value is -1.99. The number of rotatable bonds is 3. The highest BCUT2D eigenvalue weighted by Gasteiger charge is 2.18. The fourth-order valence-electron chi connectivity index (χ4n) is 2.07. The molecule has 2 N–H and O–H groups in total. The second kappa shape index (κ2) is 5.56. The van der Waals surface area contributed by atoms with Gasteiger partial charge in [-0.15, -0.1) is 11.3 Å². The lowest BCUT2D eigenvalue weighted by Gasteiger charge is -2.09. The number of nitrogens with one attached hydrogen (secondary N) is 2. The molecule has 20 heavy (non-hydrogen) atoms. The first-order chi connectivity index (χ1) is 9.78. The molecule has 0 spiro atoms. The summed E-state index contributed by atoms with van der Waals surface area (Å²) in [5.41, 5.74) is 1.48. The van der Waals surface area contributed by atoms with E-state index in [9.17, 15) is 4.79 Å². The number of fused-ring (bicyclic) bond motifs is 1. The molecule has 1 aliphatic heterocycles. The van der Waals surface area contributed by atoms with Crippen LogP contribution in [0.1, 0.15) is 20.9 Å². The van der Waals surface area contributed by atoms with Crippen molar-refractivity contribution in [3.05, 3.63) is 34.5 Å². The van der Waals surface area contributed by atoms with E-state index >= 15 is 0 Å². The van der Waals surface area contributed by atoms with E-state index in [4.69, 9.17) is 4.74 Å². The Morgan fingerprint density at radius 3 is 3.25 bits per heavy atom. The van der Waals surface area contributed by atoms with Crippen molar-refractivity contribution in [2.75, 3.05) is 19.0 Å². The normalized spacial score (nSPS) is 13.7. The predicted molar refractivity (Wildman–Crippen MR) is 76.3 cm³/mol. The van der Waals surface area contributed by atoms with Gasteiger partial charge in [-0.05, 0) is 12.1 Å². The minimum atomic E-state index is -0.256. The zero-order valence-electron chi connectivity index (χ0n) is 11.0. The molecule has 104 valence electrons. The van der Waals surface area contributed by atoms with Crippen molar-refractivity contribution in [2.45, 2.75) is 13.0 Å². The summed E-state index contributed by atoms with van der Waals surface area (Å²) in [5, 5.41) is 6.72. The number of carbonyl (C=O) groups is 1. The van der Waals surface area contributed by atoms with Gasteiger partial charge in [-0.2, -0.15) is 0 Å². The molecule has 3 rings (SSSR count). The third-order valence-electron chi connectivity index (χ3n) is 3.03. The van der Waals surface area contributed by atoms with Gasteiger partial charge in [0, 0.05) is 30.6 Å². The number of hydrogen-bond donors (Lipinski definition) is 2. The molecule has 0 saturated heterocycles.